The number of urea groups is 1. The van der Waals surface area contributed by atoms with Crippen molar-refractivity contribution < 1.29 is 9.59 Å². The molecule has 1 aromatic rings. The summed E-state index contributed by atoms with van der Waals surface area (Å²) < 4.78 is 0. The van der Waals surface area contributed by atoms with Crippen LogP contribution in [0.15, 0.2) is 24.3 Å². The minimum Gasteiger partial charge on any atom is -0.335 e. The number of carbonyl (C=O) groups is 2. The number of rotatable bonds is 7. The molecule has 4 N–H and O–H groups in total. The summed E-state index contributed by atoms with van der Waals surface area (Å²) >= 11 is 0. The van der Waals surface area contributed by atoms with Crippen LogP contribution in [0.1, 0.15) is 44.6 Å². The molecule has 1 aliphatic rings. The Labute approximate surface area is 155 Å². The van der Waals surface area contributed by atoms with Crippen molar-refractivity contribution in [3.63, 3.8) is 0 Å². The highest BCUT2D eigenvalue weighted by molar-refractivity contribution is 5.94. The number of halogens is 1. The molecule has 1 aliphatic carbocycles. The summed E-state index contributed by atoms with van der Waals surface area (Å²) in [6.45, 7) is 3.57. The summed E-state index contributed by atoms with van der Waals surface area (Å²) in [6.07, 6.45) is 5.62. The average Bonchev–Trinajstić information content (AvgIpc) is 2.60. The molecule has 6 nitrogen and oxygen atoms in total. The molecule has 0 radical (unpaired) electrons. The van der Waals surface area contributed by atoms with Gasteiger partial charge in [0.1, 0.15) is 0 Å². The van der Waals surface area contributed by atoms with Crippen LogP contribution in [0.5, 0.6) is 0 Å². The van der Waals surface area contributed by atoms with E-state index in [0.29, 0.717) is 6.54 Å². The van der Waals surface area contributed by atoms with E-state index in [9.17, 15) is 9.59 Å². The van der Waals surface area contributed by atoms with Gasteiger partial charge in [-0.05, 0) is 31.0 Å². The van der Waals surface area contributed by atoms with Gasteiger partial charge in [0.05, 0.1) is 6.54 Å². The fourth-order valence-corrected chi connectivity index (χ4v) is 2.89. The molecule has 1 saturated carbocycles. The highest BCUT2D eigenvalue weighted by Crippen LogP contribution is 2.17. The Morgan fingerprint density at radius 3 is 2.56 bits per heavy atom. The van der Waals surface area contributed by atoms with E-state index in [1.165, 1.54) is 6.42 Å². The van der Waals surface area contributed by atoms with Gasteiger partial charge in [-0.1, -0.05) is 44.4 Å². The quantitative estimate of drug-likeness (QED) is 0.597. The number of hydrogen-bond acceptors (Lipinski definition) is 3. The number of nitrogens with one attached hydrogen (secondary N) is 4. The molecule has 7 heteroatoms. The number of benzene rings is 1. The van der Waals surface area contributed by atoms with Crippen molar-refractivity contribution in [2.45, 2.75) is 51.6 Å². The largest absolute Gasteiger partial charge is 0.335 e. The molecule has 0 atom stereocenters. The van der Waals surface area contributed by atoms with Crippen LogP contribution in [-0.4, -0.2) is 31.1 Å². The van der Waals surface area contributed by atoms with Crippen LogP contribution in [0.4, 0.5) is 10.5 Å². The molecule has 3 amide bonds. The van der Waals surface area contributed by atoms with E-state index >= 15 is 0 Å². The molecule has 1 aromatic carbocycles. The maximum atomic E-state index is 12.1. The second-order valence-electron chi connectivity index (χ2n) is 6.15. The van der Waals surface area contributed by atoms with Gasteiger partial charge >= 0.3 is 6.03 Å². The topological polar surface area (TPSA) is 82.3 Å². The first-order valence-electron chi connectivity index (χ1n) is 8.82. The van der Waals surface area contributed by atoms with Crippen molar-refractivity contribution in [1.29, 1.82) is 0 Å². The molecule has 0 aromatic heterocycles. The Kier molecular flexibility index (Phi) is 9.96. The van der Waals surface area contributed by atoms with Gasteiger partial charge in [0.2, 0.25) is 5.91 Å². The third kappa shape index (κ3) is 7.75. The van der Waals surface area contributed by atoms with Crippen molar-refractivity contribution in [3.8, 4) is 0 Å². The van der Waals surface area contributed by atoms with Crippen LogP contribution in [0.2, 0.25) is 0 Å². The third-order valence-electron chi connectivity index (χ3n) is 4.21. The van der Waals surface area contributed by atoms with Gasteiger partial charge < -0.3 is 21.3 Å². The summed E-state index contributed by atoms with van der Waals surface area (Å²) in [5.74, 6) is -0.224. The van der Waals surface area contributed by atoms with Crippen LogP contribution in [0.25, 0.3) is 0 Å². The molecule has 25 heavy (non-hydrogen) atoms. The Morgan fingerprint density at radius 1 is 1.12 bits per heavy atom. The van der Waals surface area contributed by atoms with Crippen molar-refractivity contribution in [2.75, 3.05) is 18.4 Å². The molecule has 2 rings (SSSR count). The third-order valence-corrected chi connectivity index (χ3v) is 4.21. The normalized spacial score (nSPS) is 14.3. The van der Waals surface area contributed by atoms with Crippen molar-refractivity contribution in [1.82, 2.24) is 16.0 Å². The van der Waals surface area contributed by atoms with Crippen molar-refractivity contribution in [2.24, 2.45) is 0 Å². The number of hydrogen-bond donors (Lipinski definition) is 4. The summed E-state index contributed by atoms with van der Waals surface area (Å²) in [4.78, 5) is 23.9. The van der Waals surface area contributed by atoms with Gasteiger partial charge in [0.25, 0.3) is 0 Å². The SMILES string of the molecule is CCNCc1ccccc1NC(=O)CNC(=O)NC1CCCCC1.Cl. The van der Waals surface area contributed by atoms with Crippen LogP contribution in [-0.2, 0) is 11.3 Å². The summed E-state index contributed by atoms with van der Waals surface area (Å²) in [7, 11) is 0. The number of anilines is 1. The predicted molar refractivity (Wildman–Crippen MR) is 103 cm³/mol. The van der Waals surface area contributed by atoms with Gasteiger partial charge in [-0.25, -0.2) is 4.79 Å². The predicted octanol–water partition coefficient (Wildman–Crippen LogP) is 2.79. The Balaban J connectivity index is 0.00000312. The molecule has 0 unspecified atom stereocenters. The zero-order valence-corrected chi connectivity index (χ0v) is 15.6. The van der Waals surface area contributed by atoms with E-state index in [1.807, 2.05) is 31.2 Å². The Hall–Kier alpha value is -1.79. The standard InChI is InChI=1S/C18H28N4O2.ClH/c1-2-19-12-14-8-6-7-11-16(14)22-17(23)13-20-18(24)21-15-9-4-3-5-10-15;/h6-8,11,15,19H,2-5,9-10,12-13H2,1H3,(H,22,23)(H2,20,21,24);1H. The lowest BCUT2D eigenvalue weighted by Gasteiger charge is -2.22. The van der Waals surface area contributed by atoms with Crippen molar-refractivity contribution in [3.05, 3.63) is 29.8 Å². The highest BCUT2D eigenvalue weighted by atomic mass is 35.5. The van der Waals surface area contributed by atoms with E-state index in [-0.39, 0.29) is 36.9 Å². The van der Waals surface area contributed by atoms with E-state index in [4.69, 9.17) is 0 Å². The fraction of sp³-hybridized carbons (Fsp3) is 0.556. The Bertz CT molecular complexity index is 548. The van der Waals surface area contributed by atoms with E-state index in [2.05, 4.69) is 21.3 Å². The molecule has 1 fully saturated rings. The second kappa shape index (κ2) is 11.7. The molecular formula is C18H29ClN4O2. The zero-order valence-electron chi connectivity index (χ0n) is 14.8. The van der Waals surface area contributed by atoms with Gasteiger partial charge in [0, 0.05) is 18.3 Å². The van der Waals surface area contributed by atoms with Gasteiger partial charge in [-0.3, -0.25) is 4.79 Å². The Morgan fingerprint density at radius 2 is 1.84 bits per heavy atom. The number of carbonyl (C=O) groups excluding carboxylic acids is 2. The summed E-state index contributed by atoms with van der Waals surface area (Å²) in [5.41, 5.74) is 1.80. The molecule has 0 heterocycles. The van der Waals surface area contributed by atoms with E-state index in [0.717, 1.165) is 43.5 Å². The van der Waals surface area contributed by atoms with E-state index < -0.39 is 0 Å². The van der Waals surface area contributed by atoms with Crippen LogP contribution in [0.3, 0.4) is 0 Å². The summed E-state index contributed by atoms with van der Waals surface area (Å²) in [5, 5.41) is 11.7. The minimum absolute atomic E-state index is 0. The first kappa shape index (κ1) is 21.3. The summed E-state index contributed by atoms with van der Waals surface area (Å²) in [6, 6.07) is 7.64. The van der Waals surface area contributed by atoms with E-state index in [1.54, 1.807) is 0 Å². The molecule has 0 saturated heterocycles. The lowest BCUT2D eigenvalue weighted by Crippen LogP contribution is -2.45. The minimum atomic E-state index is -0.266. The number of para-hydroxylation sites is 1. The molecule has 140 valence electrons. The zero-order chi connectivity index (χ0) is 17.2. The maximum Gasteiger partial charge on any atom is 0.315 e. The maximum absolute atomic E-state index is 12.1. The number of amides is 3. The fourth-order valence-electron chi connectivity index (χ4n) is 2.89. The highest BCUT2D eigenvalue weighted by Gasteiger charge is 2.16. The first-order chi connectivity index (χ1) is 11.7. The van der Waals surface area contributed by atoms with Crippen LogP contribution < -0.4 is 21.3 Å². The van der Waals surface area contributed by atoms with Gasteiger partial charge in [0.15, 0.2) is 0 Å². The van der Waals surface area contributed by atoms with Gasteiger partial charge in [-0.2, -0.15) is 0 Å². The molecule has 0 spiro atoms. The monoisotopic (exact) mass is 368 g/mol. The smallest absolute Gasteiger partial charge is 0.315 e. The lowest BCUT2D eigenvalue weighted by atomic mass is 9.96. The lowest BCUT2D eigenvalue weighted by molar-refractivity contribution is -0.115. The first-order valence-corrected chi connectivity index (χ1v) is 8.82. The average molecular weight is 369 g/mol. The van der Waals surface area contributed by atoms with Crippen LogP contribution >= 0.6 is 12.4 Å². The van der Waals surface area contributed by atoms with Crippen LogP contribution in [0, 0.1) is 0 Å². The van der Waals surface area contributed by atoms with Gasteiger partial charge in [-0.15, -0.1) is 12.4 Å². The second-order valence-corrected chi connectivity index (χ2v) is 6.15. The molecular weight excluding hydrogens is 340 g/mol. The molecule has 0 aliphatic heterocycles. The molecule has 0 bridgehead atoms. The van der Waals surface area contributed by atoms with Crippen molar-refractivity contribution >= 4 is 30.0 Å².